The molecule has 0 spiro atoms. The highest BCUT2D eigenvalue weighted by Gasteiger charge is 2.35. The van der Waals surface area contributed by atoms with Gasteiger partial charge in [-0.05, 0) is 38.3 Å². The highest BCUT2D eigenvalue weighted by Crippen LogP contribution is 2.20. The molecule has 1 aromatic carbocycles. The van der Waals surface area contributed by atoms with E-state index in [-0.39, 0.29) is 11.9 Å². The van der Waals surface area contributed by atoms with Crippen molar-refractivity contribution in [3.05, 3.63) is 24.3 Å². The van der Waals surface area contributed by atoms with Gasteiger partial charge in [-0.3, -0.25) is 9.69 Å². The molecule has 23 heavy (non-hydrogen) atoms. The Morgan fingerprint density at radius 3 is 2.43 bits per heavy atom. The molecule has 1 aliphatic rings. The number of carbonyl (C=O) groups excluding carboxylic acids is 2. The molecular weight excluding hydrogens is 312 g/mol. The first-order valence-corrected chi connectivity index (χ1v) is 8.82. The van der Waals surface area contributed by atoms with Gasteiger partial charge in [0.05, 0.1) is 5.54 Å². The molecule has 1 saturated heterocycles. The van der Waals surface area contributed by atoms with E-state index in [2.05, 4.69) is 5.32 Å². The summed E-state index contributed by atoms with van der Waals surface area (Å²) in [6.45, 7) is 6.05. The van der Waals surface area contributed by atoms with Crippen LogP contribution < -0.4 is 11.1 Å². The smallest absolute Gasteiger partial charge is 0.321 e. The van der Waals surface area contributed by atoms with Crippen LogP contribution in [-0.2, 0) is 4.79 Å². The number of urea groups is 1. The fourth-order valence-electron chi connectivity index (χ4n) is 2.53. The van der Waals surface area contributed by atoms with E-state index < -0.39 is 5.54 Å². The number of thioether (sulfide) groups is 1. The molecule has 7 heteroatoms. The zero-order valence-electron chi connectivity index (χ0n) is 13.8. The predicted octanol–water partition coefficient (Wildman–Crippen LogP) is 1.82. The van der Waals surface area contributed by atoms with Crippen molar-refractivity contribution < 1.29 is 9.59 Å². The van der Waals surface area contributed by atoms with Crippen LogP contribution in [0.25, 0.3) is 0 Å². The summed E-state index contributed by atoms with van der Waals surface area (Å²) in [5.41, 5.74) is 5.56. The van der Waals surface area contributed by atoms with Crippen LogP contribution >= 0.6 is 11.8 Å². The molecule has 1 aliphatic heterocycles. The van der Waals surface area contributed by atoms with E-state index in [1.54, 1.807) is 16.7 Å². The summed E-state index contributed by atoms with van der Waals surface area (Å²) < 4.78 is 0. The average Bonchev–Trinajstić information content (AvgIpc) is 2.55. The van der Waals surface area contributed by atoms with Crippen molar-refractivity contribution in [1.82, 2.24) is 9.80 Å². The van der Waals surface area contributed by atoms with Gasteiger partial charge < -0.3 is 16.0 Å². The first kappa shape index (κ1) is 17.6. The Labute approximate surface area is 141 Å². The minimum atomic E-state index is -0.685. The van der Waals surface area contributed by atoms with Gasteiger partial charge in [0.25, 0.3) is 0 Å². The van der Waals surface area contributed by atoms with Crippen LogP contribution in [0.1, 0.15) is 13.8 Å². The number of hydrogen-bond donors (Lipinski definition) is 2. The SMILES string of the molecule is CSc1cccc(NC(=O)N2CCN(C(C)(C)C(N)=O)CC2)c1. The third kappa shape index (κ3) is 4.17. The fraction of sp³-hybridized carbons (Fsp3) is 0.500. The second-order valence-electron chi connectivity index (χ2n) is 6.06. The van der Waals surface area contributed by atoms with Crippen LogP contribution in [-0.4, -0.2) is 59.7 Å². The third-order valence-electron chi connectivity index (χ3n) is 4.28. The molecular formula is C16H24N4O2S. The lowest BCUT2D eigenvalue weighted by Gasteiger charge is -2.42. The molecule has 1 heterocycles. The van der Waals surface area contributed by atoms with Crippen LogP contribution in [0.4, 0.5) is 10.5 Å². The Hall–Kier alpha value is -1.73. The molecule has 0 unspecified atom stereocenters. The van der Waals surface area contributed by atoms with Gasteiger partial charge in [0.1, 0.15) is 0 Å². The van der Waals surface area contributed by atoms with E-state index >= 15 is 0 Å². The summed E-state index contributed by atoms with van der Waals surface area (Å²) in [7, 11) is 0. The minimum absolute atomic E-state index is 0.111. The summed E-state index contributed by atoms with van der Waals surface area (Å²) in [6.07, 6.45) is 2.00. The number of rotatable bonds is 4. The Morgan fingerprint density at radius 1 is 1.22 bits per heavy atom. The first-order valence-electron chi connectivity index (χ1n) is 7.59. The minimum Gasteiger partial charge on any atom is -0.368 e. The number of carbonyl (C=O) groups is 2. The Balaban J connectivity index is 1.92. The van der Waals surface area contributed by atoms with E-state index in [1.165, 1.54) is 0 Å². The van der Waals surface area contributed by atoms with Crippen LogP contribution in [0.3, 0.4) is 0 Å². The van der Waals surface area contributed by atoms with E-state index in [0.29, 0.717) is 26.2 Å². The Kier molecular flexibility index (Phi) is 5.54. The average molecular weight is 336 g/mol. The van der Waals surface area contributed by atoms with Crippen molar-refractivity contribution in [2.45, 2.75) is 24.3 Å². The molecule has 0 atom stereocenters. The second kappa shape index (κ2) is 7.23. The number of primary amides is 1. The lowest BCUT2D eigenvalue weighted by Crippen LogP contribution is -2.60. The maximum atomic E-state index is 12.4. The Bertz CT molecular complexity index is 583. The molecule has 1 aromatic rings. The predicted molar refractivity (Wildman–Crippen MR) is 93.7 cm³/mol. The van der Waals surface area contributed by atoms with E-state index in [4.69, 9.17) is 5.73 Å². The van der Waals surface area contributed by atoms with Crippen molar-refractivity contribution in [3.63, 3.8) is 0 Å². The van der Waals surface area contributed by atoms with Gasteiger partial charge >= 0.3 is 6.03 Å². The number of nitrogens with two attached hydrogens (primary N) is 1. The van der Waals surface area contributed by atoms with Gasteiger partial charge in [-0.15, -0.1) is 11.8 Å². The lowest BCUT2D eigenvalue weighted by molar-refractivity contribution is -0.129. The molecule has 0 saturated carbocycles. The topological polar surface area (TPSA) is 78.7 Å². The molecule has 0 radical (unpaired) electrons. The number of hydrogen-bond acceptors (Lipinski definition) is 4. The summed E-state index contributed by atoms with van der Waals surface area (Å²) in [5, 5.41) is 2.93. The summed E-state index contributed by atoms with van der Waals surface area (Å²) in [5.74, 6) is -0.343. The maximum absolute atomic E-state index is 12.4. The third-order valence-corrected chi connectivity index (χ3v) is 5.01. The van der Waals surface area contributed by atoms with Gasteiger partial charge in [-0.2, -0.15) is 0 Å². The Morgan fingerprint density at radius 2 is 1.87 bits per heavy atom. The maximum Gasteiger partial charge on any atom is 0.321 e. The van der Waals surface area contributed by atoms with Crippen molar-refractivity contribution in [1.29, 1.82) is 0 Å². The quantitative estimate of drug-likeness (QED) is 0.822. The standard InChI is InChI=1S/C16H24N4O2S/c1-16(2,14(17)21)20-9-7-19(8-10-20)15(22)18-12-5-4-6-13(11-12)23-3/h4-6,11H,7-10H2,1-3H3,(H2,17,21)(H,18,22). The van der Waals surface area contributed by atoms with Crippen LogP contribution in [0.15, 0.2) is 29.2 Å². The molecule has 2 rings (SSSR count). The highest BCUT2D eigenvalue weighted by atomic mass is 32.2. The van der Waals surface area contributed by atoms with Gasteiger partial charge in [0.15, 0.2) is 0 Å². The van der Waals surface area contributed by atoms with Crippen LogP contribution in [0.5, 0.6) is 0 Å². The monoisotopic (exact) mass is 336 g/mol. The van der Waals surface area contributed by atoms with Crippen molar-refractivity contribution in [2.24, 2.45) is 5.73 Å². The van der Waals surface area contributed by atoms with E-state index in [1.807, 2.05) is 49.3 Å². The highest BCUT2D eigenvalue weighted by molar-refractivity contribution is 7.98. The number of anilines is 1. The van der Waals surface area contributed by atoms with Crippen molar-refractivity contribution in [2.75, 3.05) is 37.8 Å². The van der Waals surface area contributed by atoms with Crippen molar-refractivity contribution >= 4 is 29.4 Å². The molecule has 0 bridgehead atoms. The summed E-state index contributed by atoms with van der Waals surface area (Å²) in [6, 6.07) is 7.65. The molecule has 1 fully saturated rings. The molecule has 3 amide bonds. The fourth-order valence-corrected chi connectivity index (χ4v) is 2.99. The van der Waals surface area contributed by atoms with E-state index in [0.717, 1.165) is 10.6 Å². The zero-order valence-corrected chi connectivity index (χ0v) is 14.7. The number of piperazine rings is 1. The largest absolute Gasteiger partial charge is 0.368 e. The van der Waals surface area contributed by atoms with Gasteiger partial charge in [0.2, 0.25) is 5.91 Å². The first-order chi connectivity index (χ1) is 10.8. The lowest BCUT2D eigenvalue weighted by atomic mass is 10.0. The number of amides is 3. The van der Waals surface area contributed by atoms with Gasteiger partial charge in [-0.25, -0.2) is 4.79 Å². The van der Waals surface area contributed by atoms with Crippen LogP contribution in [0.2, 0.25) is 0 Å². The molecule has 126 valence electrons. The summed E-state index contributed by atoms with van der Waals surface area (Å²) >= 11 is 1.64. The van der Waals surface area contributed by atoms with Gasteiger partial charge in [-0.1, -0.05) is 6.07 Å². The van der Waals surface area contributed by atoms with Gasteiger partial charge in [0, 0.05) is 36.8 Å². The van der Waals surface area contributed by atoms with E-state index in [9.17, 15) is 9.59 Å². The molecule has 0 aromatic heterocycles. The number of benzene rings is 1. The molecule has 6 nitrogen and oxygen atoms in total. The van der Waals surface area contributed by atoms with Crippen molar-refractivity contribution in [3.8, 4) is 0 Å². The molecule has 3 N–H and O–H groups in total. The number of nitrogens with one attached hydrogen (secondary N) is 1. The molecule has 0 aliphatic carbocycles. The zero-order chi connectivity index (χ0) is 17.0. The normalized spacial score (nSPS) is 16.2. The summed E-state index contributed by atoms with van der Waals surface area (Å²) in [4.78, 5) is 28.8. The van der Waals surface area contributed by atoms with Crippen LogP contribution in [0, 0.1) is 0 Å². The number of nitrogens with zero attached hydrogens (tertiary/aromatic N) is 2. The second-order valence-corrected chi connectivity index (χ2v) is 6.94.